The summed E-state index contributed by atoms with van der Waals surface area (Å²) in [5, 5.41) is 11.6. The zero-order valence-electron chi connectivity index (χ0n) is 11.5. The predicted octanol–water partition coefficient (Wildman–Crippen LogP) is 3.96. The predicted molar refractivity (Wildman–Crippen MR) is 81.5 cm³/mol. The van der Waals surface area contributed by atoms with Crippen molar-refractivity contribution in [1.29, 1.82) is 5.26 Å². The topological polar surface area (TPSA) is 52.9 Å². The van der Waals surface area contributed by atoms with Gasteiger partial charge in [0.05, 0.1) is 11.3 Å². The van der Waals surface area contributed by atoms with Gasteiger partial charge in [-0.1, -0.05) is 12.1 Å². The second kappa shape index (κ2) is 7.57. The van der Waals surface area contributed by atoms with E-state index in [0.717, 1.165) is 17.8 Å². The summed E-state index contributed by atoms with van der Waals surface area (Å²) in [7, 11) is 0. The number of carbonyl (C=O) groups excluding carboxylic acids is 1. The smallest absolute Gasteiger partial charge is 0.225 e. The van der Waals surface area contributed by atoms with Gasteiger partial charge in [-0.25, -0.2) is 8.78 Å². The maximum Gasteiger partial charge on any atom is 0.225 e. The van der Waals surface area contributed by atoms with Gasteiger partial charge in [0, 0.05) is 23.1 Å². The van der Waals surface area contributed by atoms with Crippen LogP contribution in [0.3, 0.4) is 0 Å². The Morgan fingerprint density at radius 2 is 2.00 bits per heavy atom. The van der Waals surface area contributed by atoms with Crippen molar-refractivity contribution in [2.45, 2.75) is 11.3 Å². The second-order valence-corrected chi connectivity index (χ2v) is 5.52. The molecule has 0 spiro atoms. The molecule has 0 aliphatic carbocycles. The Balaban J connectivity index is 1.87. The summed E-state index contributed by atoms with van der Waals surface area (Å²) in [5.74, 6) is -1.19. The highest BCUT2D eigenvalue weighted by atomic mass is 32.2. The monoisotopic (exact) mass is 318 g/mol. The van der Waals surface area contributed by atoms with Gasteiger partial charge in [-0.3, -0.25) is 4.79 Å². The number of thioether (sulfide) groups is 1. The largest absolute Gasteiger partial charge is 0.325 e. The van der Waals surface area contributed by atoms with Crippen LogP contribution in [-0.4, -0.2) is 11.7 Å². The minimum Gasteiger partial charge on any atom is -0.325 e. The van der Waals surface area contributed by atoms with Crippen LogP contribution in [0.2, 0.25) is 0 Å². The maximum absolute atomic E-state index is 13.4. The van der Waals surface area contributed by atoms with Crippen LogP contribution in [0.15, 0.2) is 47.4 Å². The van der Waals surface area contributed by atoms with E-state index in [1.54, 1.807) is 24.3 Å². The molecule has 1 N–H and O–H groups in total. The molecule has 0 radical (unpaired) electrons. The molecular formula is C16H12F2N2OS. The van der Waals surface area contributed by atoms with Crippen LogP contribution in [0.25, 0.3) is 0 Å². The molecule has 2 aromatic carbocycles. The molecule has 0 bridgehead atoms. The number of rotatable bonds is 5. The molecule has 3 nitrogen and oxygen atoms in total. The Hall–Kier alpha value is -2.39. The minimum absolute atomic E-state index is 0.154. The number of nitrogens with zero attached hydrogens (tertiary/aromatic N) is 1. The molecule has 0 atom stereocenters. The highest BCUT2D eigenvalue weighted by molar-refractivity contribution is 7.99. The molecule has 0 unspecified atom stereocenters. The Kier molecular flexibility index (Phi) is 5.50. The first-order valence-electron chi connectivity index (χ1n) is 6.47. The molecule has 0 aromatic heterocycles. The number of hydrogen-bond acceptors (Lipinski definition) is 3. The van der Waals surface area contributed by atoms with Crippen LogP contribution in [0, 0.1) is 23.0 Å². The lowest BCUT2D eigenvalue weighted by Crippen LogP contribution is -2.13. The number of para-hydroxylation sites is 1. The van der Waals surface area contributed by atoms with Crippen molar-refractivity contribution in [1.82, 2.24) is 0 Å². The number of halogens is 2. The van der Waals surface area contributed by atoms with Gasteiger partial charge in [0.2, 0.25) is 5.91 Å². The van der Waals surface area contributed by atoms with Crippen molar-refractivity contribution in [2.24, 2.45) is 0 Å². The van der Waals surface area contributed by atoms with Gasteiger partial charge in [-0.15, -0.1) is 11.8 Å². The molecule has 2 rings (SSSR count). The molecule has 6 heteroatoms. The first-order valence-corrected chi connectivity index (χ1v) is 7.45. The fraction of sp³-hybridized carbons (Fsp3) is 0.125. The number of benzene rings is 2. The van der Waals surface area contributed by atoms with Crippen LogP contribution in [0.1, 0.15) is 12.0 Å². The zero-order valence-corrected chi connectivity index (χ0v) is 12.3. The molecule has 0 heterocycles. The van der Waals surface area contributed by atoms with Gasteiger partial charge in [0.1, 0.15) is 17.7 Å². The summed E-state index contributed by atoms with van der Waals surface area (Å²) in [6.45, 7) is 0. The van der Waals surface area contributed by atoms with Crippen LogP contribution in [0.5, 0.6) is 0 Å². The first kappa shape index (κ1) is 16.0. The summed E-state index contributed by atoms with van der Waals surface area (Å²) in [5.41, 5.74) is 0.834. The van der Waals surface area contributed by atoms with E-state index in [0.29, 0.717) is 21.9 Å². The summed E-state index contributed by atoms with van der Waals surface area (Å²) < 4.78 is 26.2. The van der Waals surface area contributed by atoms with Crippen LogP contribution >= 0.6 is 11.8 Å². The Bertz CT molecular complexity index is 728. The van der Waals surface area contributed by atoms with Crippen molar-refractivity contribution in [3.63, 3.8) is 0 Å². The molecule has 0 fully saturated rings. The Labute approximate surface area is 131 Å². The average Bonchev–Trinajstić information content (AvgIpc) is 2.50. The van der Waals surface area contributed by atoms with E-state index < -0.39 is 11.6 Å². The zero-order chi connectivity index (χ0) is 15.9. The van der Waals surface area contributed by atoms with Gasteiger partial charge in [0.15, 0.2) is 0 Å². The molecule has 112 valence electrons. The minimum atomic E-state index is -0.639. The van der Waals surface area contributed by atoms with E-state index >= 15 is 0 Å². The van der Waals surface area contributed by atoms with E-state index in [-0.39, 0.29) is 12.3 Å². The third-order valence-corrected chi connectivity index (χ3v) is 3.85. The molecule has 22 heavy (non-hydrogen) atoms. The van der Waals surface area contributed by atoms with E-state index in [4.69, 9.17) is 5.26 Å². The van der Waals surface area contributed by atoms with E-state index in [2.05, 4.69) is 5.32 Å². The maximum atomic E-state index is 13.4. The van der Waals surface area contributed by atoms with Crippen LogP contribution in [-0.2, 0) is 4.79 Å². The van der Waals surface area contributed by atoms with Gasteiger partial charge < -0.3 is 5.32 Å². The number of carbonyl (C=O) groups is 1. The lowest BCUT2D eigenvalue weighted by molar-refractivity contribution is -0.115. The van der Waals surface area contributed by atoms with Crippen LogP contribution < -0.4 is 5.32 Å². The molecule has 1 amide bonds. The standard InChI is InChI=1S/C16H12F2N2OS/c17-12-5-6-15(13(18)9-12)22-8-7-16(21)20-14-4-2-1-3-11(14)10-19/h1-6,9H,7-8H2,(H,20,21). The quantitative estimate of drug-likeness (QED) is 0.849. The highest BCUT2D eigenvalue weighted by Gasteiger charge is 2.08. The molecular weight excluding hydrogens is 306 g/mol. The van der Waals surface area contributed by atoms with Crippen molar-refractivity contribution >= 4 is 23.4 Å². The van der Waals surface area contributed by atoms with Gasteiger partial charge in [-0.05, 0) is 24.3 Å². The highest BCUT2D eigenvalue weighted by Crippen LogP contribution is 2.23. The third kappa shape index (κ3) is 4.30. The van der Waals surface area contributed by atoms with Gasteiger partial charge in [-0.2, -0.15) is 5.26 Å². The normalized spacial score (nSPS) is 10.0. The van der Waals surface area contributed by atoms with Gasteiger partial charge >= 0.3 is 0 Å². The van der Waals surface area contributed by atoms with E-state index in [1.807, 2.05) is 6.07 Å². The molecule has 0 saturated heterocycles. The number of nitrogens with one attached hydrogen (secondary N) is 1. The van der Waals surface area contributed by atoms with Gasteiger partial charge in [0.25, 0.3) is 0 Å². The Morgan fingerprint density at radius 3 is 2.73 bits per heavy atom. The Morgan fingerprint density at radius 1 is 1.23 bits per heavy atom. The van der Waals surface area contributed by atoms with Crippen molar-refractivity contribution in [3.05, 3.63) is 59.7 Å². The third-order valence-electron chi connectivity index (χ3n) is 2.80. The summed E-state index contributed by atoms with van der Waals surface area (Å²) in [4.78, 5) is 12.1. The molecule has 0 saturated carbocycles. The van der Waals surface area contributed by atoms with Crippen molar-refractivity contribution < 1.29 is 13.6 Å². The number of hydrogen-bond donors (Lipinski definition) is 1. The van der Waals surface area contributed by atoms with Crippen molar-refractivity contribution in [2.75, 3.05) is 11.1 Å². The summed E-state index contributed by atoms with van der Waals surface area (Å²) in [6.07, 6.45) is 0.154. The lowest BCUT2D eigenvalue weighted by atomic mass is 10.2. The van der Waals surface area contributed by atoms with Crippen molar-refractivity contribution in [3.8, 4) is 6.07 Å². The SMILES string of the molecule is N#Cc1ccccc1NC(=O)CCSc1ccc(F)cc1F. The number of amides is 1. The fourth-order valence-electron chi connectivity index (χ4n) is 1.75. The van der Waals surface area contributed by atoms with Crippen LogP contribution in [0.4, 0.5) is 14.5 Å². The number of nitriles is 1. The van der Waals surface area contributed by atoms with E-state index in [1.165, 1.54) is 12.1 Å². The second-order valence-electron chi connectivity index (χ2n) is 4.38. The average molecular weight is 318 g/mol. The molecule has 0 aliphatic heterocycles. The number of anilines is 1. The lowest BCUT2D eigenvalue weighted by Gasteiger charge is -2.07. The fourth-order valence-corrected chi connectivity index (χ4v) is 2.62. The summed E-state index contributed by atoms with van der Waals surface area (Å²) in [6, 6.07) is 12.0. The molecule has 0 aliphatic rings. The van der Waals surface area contributed by atoms with E-state index in [9.17, 15) is 13.6 Å². The molecule has 2 aromatic rings. The first-order chi connectivity index (χ1) is 10.6. The summed E-state index contributed by atoms with van der Waals surface area (Å²) >= 11 is 1.14.